The molecule has 1 aromatic rings. The van der Waals surface area contributed by atoms with Gasteiger partial charge in [-0.15, -0.1) is 0 Å². The molecule has 3 rings (SSSR count). The maximum Gasteiger partial charge on any atom is 0.0234 e. The summed E-state index contributed by atoms with van der Waals surface area (Å²) in [4.78, 5) is 5.06. The lowest BCUT2D eigenvalue weighted by Gasteiger charge is -2.34. The van der Waals surface area contributed by atoms with Crippen LogP contribution in [-0.2, 0) is 19.4 Å². The van der Waals surface area contributed by atoms with Gasteiger partial charge >= 0.3 is 0 Å². The van der Waals surface area contributed by atoms with Gasteiger partial charge in [-0.25, -0.2) is 0 Å². The number of hydrogen-bond acceptors (Lipinski definition) is 3. The van der Waals surface area contributed by atoms with Crippen molar-refractivity contribution in [2.24, 2.45) is 5.73 Å². The van der Waals surface area contributed by atoms with Crippen molar-refractivity contribution in [3.05, 3.63) is 34.9 Å². The first-order valence-corrected chi connectivity index (χ1v) is 8.10. The Labute approximate surface area is 122 Å². The van der Waals surface area contributed by atoms with E-state index < -0.39 is 0 Å². The number of aryl methyl sites for hydroxylation is 2. The first-order chi connectivity index (χ1) is 9.85. The monoisotopic (exact) mass is 273 g/mol. The summed E-state index contributed by atoms with van der Waals surface area (Å²) >= 11 is 0. The van der Waals surface area contributed by atoms with E-state index in [-0.39, 0.29) is 0 Å². The average molecular weight is 273 g/mol. The Balaban J connectivity index is 1.56. The molecular weight excluding hydrogens is 246 g/mol. The van der Waals surface area contributed by atoms with Gasteiger partial charge in [0.25, 0.3) is 0 Å². The molecule has 0 aromatic heterocycles. The number of nitrogens with two attached hydrogens (primary N) is 1. The Kier molecular flexibility index (Phi) is 4.71. The third kappa shape index (κ3) is 3.40. The molecule has 0 atom stereocenters. The smallest absolute Gasteiger partial charge is 0.0234 e. The van der Waals surface area contributed by atoms with Crippen LogP contribution in [0.3, 0.4) is 0 Å². The van der Waals surface area contributed by atoms with Crippen LogP contribution in [-0.4, -0.2) is 49.1 Å². The van der Waals surface area contributed by atoms with Crippen molar-refractivity contribution < 1.29 is 0 Å². The third-order valence-corrected chi connectivity index (χ3v) is 4.73. The molecule has 1 aliphatic carbocycles. The lowest BCUT2D eigenvalue weighted by molar-refractivity contribution is 0.130. The zero-order valence-electron chi connectivity index (χ0n) is 12.5. The molecule has 1 saturated heterocycles. The zero-order valence-corrected chi connectivity index (χ0v) is 12.5. The van der Waals surface area contributed by atoms with Gasteiger partial charge in [0.05, 0.1) is 0 Å². The zero-order chi connectivity index (χ0) is 13.8. The van der Waals surface area contributed by atoms with Crippen LogP contribution < -0.4 is 5.73 Å². The fourth-order valence-electron chi connectivity index (χ4n) is 3.50. The van der Waals surface area contributed by atoms with Crippen molar-refractivity contribution in [3.8, 4) is 0 Å². The lowest BCUT2D eigenvalue weighted by atomic mass is 9.90. The highest BCUT2D eigenvalue weighted by Gasteiger charge is 2.17. The van der Waals surface area contributed by atoms with E-state index in [1.165, 1.54) is 57.4 Å². The van der Waals surface area contributed by atoms with Gasteiger partial charge < -0.3 is 5.73 Å². The standard InChI is InChI=1S/C17H27N3/c18-7-8-19-9-11-20(12-10-19)14-15-5-6-16-3-1-2-4-17(16)13-15/h5-6,13H,1-4,7-12,14,18H2. The third-order valence-electron chi connectivity index (χ3n) is 4.73. The maximum atomic E-state index is 5.63. The summed E-state index contributed by atoms with van der Waals surface area (Å²) in [5, 5.41) is 0. The Morgan fingerprint density at radius 2 is 1.60 bits per heavy atom. The average Bonchev–Trinajstić information content (AvgIpc) is 2.49. The summed E-state index contributed by atoms with van der Waals surface area (Å²) in [5.74, 6) is 0. The topological polar surface area (TPSA) is 32.5 Å². The number of piperazine rings is 1. The van der Waals surface area contributed by atoms with Gasteiger partial charge in [0.2, 0.25) is 0 Å². The van der Waals surface area contributed by atoms with Crippen molar-refractivity contribution in [3.63, 3.8) is 0 Å². The Morgan fingerprint density at radius 3 is 2.35 bits per heavy atom. The fraction of sp³-hybridized carbons (Fsp3) is 0.647. The normalized spacial score (nSPS) is 20.9. The molecule has 20 heavy (non-hydrogen) atoms. The minimum absolute atomic E-state index is 0.783. The van der Waals surface area contributed by atoms with Crippen LogP contribution in [0.5, 0.6) is 0 Å². The van der Waals surface area contributed by atoms with E-state index in [2.05, 4.69) is 28.0 Å². The van der Waals surface area contributed by atoms with Crippen LogP contribution in [0.15, 0.2) is 18.2 Å². The first-order valence-electron chi connectivity index (χ1n) is 8.10. The maximum absolute atomic E-state index is 5.63. The molecule has 1 fully saturated rings. The molecule has 1 aromatic carbocycles. The molecule has 0 amide bonds. The Bertz CT molecular complexity index is 436. The van der Waals surface area contributed by atoms with E-state index in [0.717, 1.165) is 19.6 Å². The molecule has 0 spiro atoms. The van der Waals surface area contributed by atoms with Gasteiger partial charge in [-0.3, -0.25) is 9.80 Å². The van der Waals surface area contributed by atoms with E-state index >= 15 is 0 Å². The van der Waals surface area contributed by atoms with Gasteiger partial charge in [-0.05, 0) is 42.4 Å². The summed E-state index contributed by atoms with van der Waals surface area (Å²) in [5.41, 5.74) is 10.3. The molecule has 0 unspecified atom stereocenters. The molecule has 0 radical (unpaired) electrons. The van der Waals surface area contributed by atoms with Crippen molar-refractivity contribution >= 4 is 0 Å². The number of fused-ring (bicyclic) bond motifs is 1. The van der Waals surface area contributed by atoms with Crippen LogP contribution in [0, 0.1) is 0 Å². The fourth-order valence-corrected chi connectivity index (χ4v) is 3.50. The quantitative estimate of drug-likeness (QED) is 0.905. The SMILES string of the molecule is NCCN1CCN(Cc2ccc3c(c2)CCCC3)CC1. The van der Waals surface area contributed by atoms with Crippen molar-refractivity contribution in [2.45, 2.75) is 32.2 Å². The molecule has 3 heteroatoms. The largest absolute Gasteiger partial charge is 0.329 e. The summed E-state index contributed by atoms with van der Waals surface area (Å²) in [6, 6.07) is 7.17. The predicted octanol–water partition coefficient (Wildman–Crippen LogP) is 1.64. The molecular formula is C17H27N3. The van der Waals surface area contributed by atoms with E-state index in [1.807, 2.05) is 0 Å². The van der Waals surface area contributed by atoms with E-state index in [4.69, 9.17) is 5.73 Å². The molecule has 0 bridgehead atoms. The lowest BCUT2D eigenvalue weighted by Crippen LogP contribution is -2.47. The summed E-state index contributed by atoms with van der Waals surface area (Å²) in [7, 11) is 0. The number of nitrogens with zero attached hydrogens (tertiary/aromatic N) is 2. The number of hydrogen-bond donors (Lipinski definition) is 1. The van der Waals surface area contributed by atoms with Gasteiger partial charge in [0, 0.05) is 45.8 Å². The highest BCUT2D eigenvalue weighted by molar-refractivity contribution is 5.33. The van der Waals surface area contributed by atoms with Crippen molar-refractivity contribution in [2.75, 3.05) is 39.3 Å². The van der Waals surface area contributed by atoms with Crippen molar-refractivity contribution in [1.82, 2.24) is 9.80 Å². The molecule has 3 nitrogen and oxygen atoms in total. The summed E-state index contributed by atoms with van der Waals surface area (Å²) < 4.78 is 0. The summed E-state index contributed by atoms with van der Waals surface area (Å²) in [6.07, 6.45) is 5.31. The highest BCUT2D eigenvalue weighted by atomic mass is 15.3. The van der Waals surface area contributed by atoms with Gasteiger partial charge in [-0.1, -0.05) is 18.2 Å². The molecule has 2 aliphatic rings. The molecule has 1 heterocycles. The van der Waals surface area contributed by atoms with Gasteiger partial charge in [0.1, 0.15) is 0 Å². The second-order valence-electron chi connectivity index (χ2n) is 6.22. The minimum Gasteiger partial charge on any atom is -0.329 e. The van der Waals surface area contributed by atoms with E-state index in [1.54, 1.807) is 11.1 Å². The molecule has 2 N–H and O–H groups in total. The minimum atomic E-state index is 0.783. The van der Waals surface area contributed by atoms with E-state index in [0.29, 0.717) is 0 Å². The summed E-state index contributed by atoms with van der Waals surface area (Å²) in [6.45, 7) is 7.64. The predicted molar refractivity (Wildman–Crippen MR) is 83.9 cm³/mol. The highest BCUT2D eigenvalue weighted by Crippen LogP contribution is 2.23. The van der Waals surface area contributed by atoms with Crippen LogP contribution in [0.2, 0.25) is 0 Å². The Hall–Kier alpha value is -0.900. The van der Waals surface area contributed by atoms with Crippen LogP contribution >= 0.6 is 0 Å². The first kappa shape index (κ1) is 14.1. The van der Waals surface area contributed by atoms with Crippen LogP contribution in [0.4, 0.5) is 0 Å². The second kappa shape index (κ2) is 6.70. The number of benzene rings is 1. The van der Waals surface area contributed by atoms with Crippen LogP contribution in [0.1, 0.15) is 29.5 Å². The van der Waals surface area contributed by atoms with E-state index in [9.17, 15) is 0 Å². The molecule has 0 saturated carbocycles. The van der Waals surface area contributed by atoms with Gasteiger partial charge in [-0.2, -0.15) is 0 Å². The molecule has 1 aliphatic heterocycles. The van der Waals surface area contributed by atoms with Crippen LogP contribution in [0.25, 0.3) is 0 Å². The Morgan fingerprint density at radius 1 is 0.900 bits per heavy atom. The van der Waals surface area contributed by atoms with Gasteiger partial charge in [0.15, 0.2) is 0 Å². The van der Waals surface area contributed by atoms with Crippen molar-refractivity contribution in [1.29, 1.82) is 0 Å². The molecule has 110 valence electrons. The second-order valence-corrected chi connectivity index (χ2v) is 6.22. The number of rotatable bonds is 4.